The standard InChI is InChI=1S/C16H11F3N2O2S/c17-12-7-14(19)16(8-13(12)18)21-24(22,23)11-6-15(20-9-11)10-4-2-1-3-5-10/h1-9,20-21H. The Kier molecular flexibility index (Phi) is 4.06. The van der Waals surface area contributed by atoms with Crippen LogP contribution in [0.2, 0.25) is 0 Å². The van der Waals surface area contributed by atoms with Crippen molar-refractivity contribution in [3.05, 3.63) is 72.2 Å². The average molecular weight is 352 g/mol. The van der Waals surface area contributed by atoms with Crippen LogP contribution in [0.25, 0.3) is 11.3 Å². The van der Waals surface area contributed by atoms with Crippen molar-refractivity contribution in [3.8, 4) is 11.3 Å². The molecule has 124 valence electrons. The fourth-order valence-corrected chi connectivity index (χ4v) is 3.17. The summed E-state index contributed by atoms with van der Waals surface area (Å²) in [5.74, 6) is -3.96. The Morgan fingerprint density at radius 3 is 2.25 bits per heavy atom. The second kappa shape index (κ2) is 6.04. The van der Waals surface area contributed by atoms with Gasteiger partial charge in [0, 0.05) is 24.0 Å². The van der Waals surface area contributed by atoms with Gasteiger partial charge >= 0.3 is 0 Å². The minimum Gasteiger partial charge on any atom is -0.360 e. The molecule has 0 amide bonds. The fourth-order valence-electron chi connectivity index (χ4n) is 2.12. The van der Waals surface area contributed by atoms with Gasteiger partial charge in [-0.05, 0) is 11.6 Å². The van der Waals surface area contributed by atoms with E-state index in [9.17, 15) is 21.6 Å². The summed E-state index contributed by atoms with van der Waals surface area (Å²) in [7, 11) is -4.16. The number of halogens is 3. The first-order valence-electron chi connectivity index (χ1n) is 6.78. The molecular formula is C16H11F3N2O2S. The monoisotopic (exact) mass is 352 g/mol. The van der Waals surface area contributed by atoms with Crippen LogP contribution in [0.5, 0.6) is 0 Å². The number of anilines is 1. The molecule has 4 nitrogen and oxygen atoms in total. The van der Waals surface area contributed by atoms with Crippen molar-refractivity contribution in [2.24, 2.45) is 0 Å². The Bertz CT molecular complexity index is 986. The van der Waals surface area contributed by atoms with Crippen molar-refractivity contribution in [1.29, 1.82) is 0 Å². The Morgan fingerprint density at radius 2 is 1.54 bits per heavy atom. The third-order valence-electron chi connectivity index (χ3n) is 3.31. The molecule has 0 bridgehead atoms. The SMILES string of the molecule is O=S(=O)(Nc1cc(F)c(F)cc1F)c1c[nH]c(-c2ccccc2)c1. The molecule has 0 atom stereocenters. The van der Waals surface area contributed by atoms with Crippen molar-refractivity contribution in [2.45, 2.75) is 4.90 Å². The van der Waals surface area contributed by atoms with Crippen molar-refractivity contribution < 1.29 is 21.6 Å². The van der Waals surface area contributed by atoms with Crippen molar-refractivity contribution in [1.82, 2.24) is 4.98 Å². The summed E-state index contributed by atoms with van der Waals surface area (Å²) in [4.78, 5) is 2.64. The van der Waals surface area contributed by atoms with Crippen LogP contribution in [0.3, 0.4) is 0 Å². The number of nitrogens with one attached hydrogen (secondary N) is 2. The highest BCUT2D eigenvalue weighted by molar-refractivity contribution is 7.92. The lowest BCUT2D eigenvalue weighted by molar-refractivity contribution is 0.496. The summed E-state index contributed by atoms with van der Waals surface area (Å²) in [5, 5.41) is 0. The van der Waals surface area contributed by atoms with E-state index in [0.717, 1.165) is 5.56 Å². The van der Waals surface area contributed by atoms with Crippen LogP contribution in [0.1, 0.15) is 0 Å². The molecule has 0 aliphatic carbocycles. The lowest BCUT2D eigenvalue weighted by Crippen LogP contribution is -2.13. The van der Waals surface area contributed by atoms with Crippen LogP contribution in [-0.4, -0.2) is 13.4 Å². The second-order valence-electron chi connectivity index (χ2n) is 4.97. The average Bonchev–Trinajstić information content (AvgIpc) is 3.04. The summed E-state index contributed by atoms with van der Waals surface area (Å²) in [6, 6.07) is 11.0. The van der Waals surface area contributed by atoms with Gasteiger partial charge in [-0.25, -0.2) is 21.6 Å². The molecule has 0 saturated heterocycles. The highest BCUT2D eigenvalue weighted by Crippen LogP contribution is 2.25. The van der Waals surface area contributed by atoms with Crippen LogP contribution in [0.4, 0.5) is 18.9 Å². The van der Waals surface area contributed by atoms with Gasteiger partial charge in [-0.1, -0.05) is 30.3 Å². The predicted molar refractivity (Wildman–Crippen MR) is 83.4 cm³/mol. The number of rotatable bonds is 4. The molecule has 1 aromatic heterocycles. The summed E-state index contributed by atoms with van der Waals surface area (Å²) in [6.07, 6.45) is 1.22. The zero-order chi connectivity index (χ0) is 17.3. The van der Waals surface area contributed by atoms with E-state index in [-0.39, 0.29) is 11.0 Å². The highest BCUT2D eigenvalue weighted by Gasteiger charge is 2.20. The Morgan fingerprint density at radius 1 is 0.875 bits per heavy atom. The number of aromatic amines is 1. The van der Waals surface area contributed by atoms with Crippen molar-refractivity contribution in [3.63, 3.8) is 0 Å². The summed E-state index contributed by atoms with van der Waals surface area (Å²) in [6.45, 7) is 0. The molecule has 0 unspecified atom stereocenters. The molecule has 3 rings (SSSR count). The molecule has 1 heterocycles. The Hall–Kier alpha value is -2.74. The number of hydrogen-bond acceptors (Lipinski definition) is 2. The summed E-state index contributed by atoms with van der Waals surface area (Å²) >= 11 is 0. The van der Waals surface area contributed by atoms with Gasteiger partial charge in [-0.3, -0.25) is 4.72 Å². The molecule has 0 fully saturated rings. The van der Waals surface area contributed by atoms with Gasteiger partial charge in [0.05, 0.1) is 5.69 Å². The zero-order valence-electron chi connectivity index (χ0n) is 12.1. The van der Waals surface area contributed by atoms with Crippen LogP contribution >= 0.6 is 0 Å². The maximum Gasteiger partial charge on any atom is 0.263 e. The van der Waals surface area contributed by atoms with Crippen LogP contribution in [-0.2, 0) is 10.0 Å². The molecule has 2 aromatic carbocycles. The first kappa shape index (κ1) is 16.1. The van der Waals surface area contributed by atoms with Gasteiger partial charge in [0.25, 0.3) is 10.0 Å². The quantitative estimate of drug-likeness (QED) is 0.700. The smallest absolute Gasteiger partial charge is 0.263 e. The number of H-pyrrole nitrogens is 1. The van der Waals surface area contributed by atoms with Gasteiger partial charge in [-0.2, -0.15) is 0 Å². The molecule has 0 saturated carbocycles. The Balaban J connectivity index is 1.92. The first-order valence-corrected chi connectivity index (χ1v) is 8.26. The normalized spacial score (nSPS) is 11.5. The number of sulfonamides is 1. The van der Waals surface area contributed by atoms with E-state index < -0.39 is 33.2 Å². The largest absolute Gasteiger partial charge is 0.360 e. The van der Waals surface area contributed by atoms with E-state index in [1.165, 1.54) is 12.3 Å². The van der Waals surface area contributed by atoms with E-state index in [4.69, 9.17) is 0 Å². The fraction of sp³-hybridized carbons (Fsp3) is 0. The topological polar surface area (TPSA) is 62.0 Å². The van der Waals surface area contributed by atoms with Gasteiger partial charge in [-0.15, -0.1) is 0 Å². The minimum absolute atomic E-state index is 0.162. The molecule has 0 aliphatic rings. The number of benzene rings is 2. The van der Waals surface area contributed by atoms with E-state index in [1.807, 2.05) is 10.8 Å². The first-order chi connectivity index (χ1) is 11.4. The molecule has 24 heavy (non-hydrogen) atoms. The predicted octanol–water partition coefficient (Wildman–Crippen LogP) is 3.90. The van der Waals surface area contributed by atoms with Gasteiger partial charge < -0.3 is 4.98 Å². The molecule has 2 N–H and O–H groups in total. The lowest BCUT2D eigenvalue weighted by atomic mass is 10.2. The summed E-state index contributed by atoms with van der Waals surface area (Å²) in [5.41, 5.74) is 0.635. The second-order valence-corrected chi connectivity index (χ2v) is 6.65. The molecule has 0 radical (unpaired) electrons. The Labute approximate surface area is 136 Å². The summed E-state index contributed by atoms with van der Waals surface area (Å²) < 4.78 is 66.2. The number of hydrogen-bond donors (Lipinski definition) is 2. The van der Waals surface area contributed by atoms with E-state index in [1.54, 1.807) is 24.3 Å². The van der Waals surface area contributed by atoms with Crippen molar-refractivity contribution in [2.75, 3.05) is 4.72 Å². The molecule has 3 aromatic rings. The van der Waals surface area contributed by atoms with Crippen LogP contribution in [0, 0.1) is 17.5 Å². The van der Waals surface area contributed by atoms with E-state index in [2.05, 4.69) is 4.98 Å². The van der Waals surface area contributed by atoms with E-state index >= 15 is 0 Å². The maximum atomic E-state index is 13.6. The van der Waals surface area contributed by atoms with Gasteiger partial charge in [0.15, 0.2) is 11.6 Å². The van der Waals surface area contributed by atoms with Crippen LogP contribution in [0.15, 0.2) is 59.6 Å². The molecule has 0 spiro atoms. The highest BCUT2D eigenvalue weighted by atomic mass is 32.2. The maximum absolute atomic E-state index is 13.6. The van der Waals surface area contributed by atoms with Gasteiger partial charge in [0.1, 0.15) is 10.7 Å². The number of aromatic nitrogens is 1. The van der Waals surface area contributed by atoms with E-state index in [0.29, 0.717) is 11.8 Å². The zero-order valence-corrected chi connectivity index (χ0v) is 12.9. The molecular weight excluding hydrogens is 341 g/mol. The lowest BCUT2D eigenvalue weighted by Gasteiger charge is -2.08. The van der Waals surface area contributed by atoms with Crippen molar-refractivity contribution >= 4 is 15.7 Å². The van der Waals surface area contributed by atoms with Gasteiger partial charge in [0.2, 0.25) is 0 Å². The molecule has 8 heteroatoms. The third-order valence-corrected chi connectivity index (χ3v) is 4.65. The van der Waals surface area contributed by atoms with Crippen LogP contribution < -0.4 is 4.72 Å². The molecule has 0 aliphatic heterocycles. The third kappa shape index (κ3) is 3.13. The minimum atomic E-state index is -4.16.